The van der Waals surface area contributed by atoms with Crippen molar-refractivity contribution in [2.75, 3.05) is 11.4 Å². The average Bonchev–Trinajstić information content (AvgIpc) is 3.23. The van der Waals surface area contributed by atoms with Gasteiger partial charge in [-0.2, -0.15) is 0 Å². The van der Waals surface area contributed by atoms with E-state index in [1.54, 1.807) is 61.5 Å². The van der Waals surface area contributed by atoms with Gasteiger partial charge in [-0.15, -0.1) is 0 Å². The molecule has 0 saturated carbocycles. The predicted molar refractivity (Wildman–Crippen MR) is 131 cm³/mol. The van der Waals surface area contributed by atoms with Crippen LogP contribution >= 0.6 is 47.0 Å². The number of halogens is 3. The Morgan fingerprint density at radius 3 is 2.31 bits per heavy atom. The lowest BCUT2D eigenvalue weighted by molar-refractivity contribution is -0.127. The minimum absolute atomic E-state index is 0.0755. The molecule has 2 aromatic carbocycles. The van der Waals surface area contributed by atoms with Gasteiger partial charge in [0.05, 0.1) is 10.7 Å². The largest absolute Gasteiger partial charge is 0.457 e. The lowest BCUT2D eigenvalue weighted by Crippen LogP contribution is -2.56. The standard InChI is InChI=1S/C23H15Cl3N2O3S/c1-2-27-21(29)18(22(30)28(23(27)32)15-6-3-13(24)4-7-15)12-16-8-10-20(31-16)17-11-14(25)5-9-19(17)26/h3-12H,2H2,1H3/b18-12+. The summed E-state index contributed by atoms with van der Waals surface area (Å²) >= 11 is 23.7. The molecule has 3 aromatic rings. The quantitative estimate of drug-likeness (QED) is 0.232. The van der Waals surface area contributed by atoms with Crippen LogP contribution in [0.15, 0.2) is 64.6 Å². The van der Waals surface area contributed by atoms with Gasteiger partial charge in [-0.1, -0.05) is 34.8 Å². The maximum absolute atomic E-state index is 13.3. The zero-order valence-corrected chi connectivity index (χ0v) is 19.7. The third kappa shape index (κ3) is 4.19. The summed E-state index contributed by atoms with van der Waals surface area (Å²) in [5.74, 6) is -0.276. The minimum Gasteiger partial charge on any atom is -0.457 e. The normalized spacial score (nSPS) is 15.8. The van der Waals surface area contributed by atoms with E-state index in [2.05, 4.69) is 0 Å². The van der Waals surface area contributed by atoms with Crippen molar-refractivity contribution in [2.45, 2.75) is 6.92 Å². The van der Waals surface area contributed by atoms with Crippen molar-refractivity contribution in [3.05, 3.63) is 81.0 Å². The predicted octanol–water partition coefficient (Wildman–Crippen LogP) is 6.47. The van der Waals surface area contributed by atoms with Crippen LogP contribution in [0.2, 0.25) is 15.1 Å². The van der Waals surface area contributed by atoms with Crippen molar-refractivity contribution in [1.29, 1.82) is 0 Å². The Labute approximate surface area is 204 Å². The first-order valence-corrected chi connectivity index (χ1v) is 11.1. The van der Waals surface area contributed by atoms with Crippen LogP contribution in [-0.2, 0) is 9.59 Å². The number of carbonyl (C=O) groups is 2. The zero-order chi connectivity index (χ0) is 23.0. The van der Waals surface area contributed by atoms with E-state index in [1.807, 2.05) is 0 Å². The summed E-state index contributed by atoms with van der Waals surface area (Å²) in [5, 5.41) is 1.59. The SMILES string of the molecule is CCN1C(=O)/C(=C\c2ccc(-c3cc(Cl)ccc3Cl)o2)C(=O)N(c2ccc(Cl)cc2)C1=S. The Morgan fingerprint density at radius 1 is 0.938 bits per heavy atom. The van der Waals surface area contributed by atoms with Crippen molar-refractivity contribution in [2.24, 2.45) is 0 Å². The Morgan fingerprint density at radius 2 is 1.62 bits per heavy atom. The molecular weight excluding hydrogens is 491 g/mol. The molecule has 0 spiro atoms. The molecule has 32 heavy (non-hydrogen) atoms. The number of benzene rings is 2. The van der Waals surface area contributed by atoms with Crippen molar-refractivity contribution in [3.63, 3.8) is 0 Å². The molecule has 0 N–H and O–H groups in total. The van der Waals surface area contributed by atoms with E-state index in [-0.39, 0.29) is 10.7 Å². The summed E-state index contributed by atoms with van der Waals surface area (Å²) in [5.41, 5.74) is 1.03. The van der Waals surface area contributed by atoms with Gasteiger partial charge in [0.15, 0.2) is 5.11 Å². The van der Waals surface area contributed by atoms with Gasteiger partial charge >= 0.3 is 0 Å². The fraction of sp³-hybridized carbons (Fsp3) is 0.0870. The first-order valence-electron chi connectivity index (χ1n) is 9.53. The van der Waals surface area contributed by atoms with E-state index in [0.717, 1.165) is 0 Å². The van der Waals surface area contributed by atoms with Crippen LogP contribution in [0.25, 0.3) is 17.4 Å². The van der Waals surface area contributed by atoms with Crippen LogP contribution < -0.4 is 4.90 Å². The van der Waals surface area contributed by atoms with Crippen molar-refractivity contribution >= 4 is 75.7 Å². The Kier molecular flexibility index (Phi) is 6.40. The second kappa shape index (κ2) is 9.08. The molecule has 1 aromatic heterocycles. The van der Waals surface area contributed by atoms with Gasteiger partial charge in [0.1, 0.15) is 17.1 Å². The molecule has 0 aliphatic carbocycles. The van der Waals surface area contributed by atoms with Crippen LogP contribution in [0.4, 0.5) is 5.69 Å². The van der Waals surface area contributed by atoms with E-state index < -0.39 is 11.8 Å². The number of hydrogen-bond donors (Lipinski definition) is 0. The summed E-state index contributed by atoms with van der Waals surface area (Å²) in [6.45, 7) is 2.08. The van der Waals surface area contributed by atoms with Gasteiger partial charge in [0.25, 0.3) is 11.8 Å². The molecule has 2 heterocycles. The van der Waals surface area contributed by atoms with E-state index in [9.17, 15) is 9.59 Å². The Bertz CT molecular complexity index is 1270. The van der Waals surface area contributed by atoms with E-state index in [4.69, 9.17) is 51.4 Å². The first-order chi connectivity index (χ1) is 15.3. The summed E-state index contributed by atoms with van der Waals surface area (Å²) in [4.78, 5) is 29.0. The summed E-state index contributed by atoms with van der Waals surface area (Å²) in [7, 11) is 0. The molecule has 9 heteroatoms. The fourth-order valence-corrected chi connectivity index (χ4v) is 4.18. The number of nitrogens with zero attached hydrogens (tertiary/aromatic N) is 2. The van der Waals surface area contributed by atoms with Crippen LogP contribution in [0.5, 0.6) is 0 Å². The summed E-state index contributed by atoms with van der Waals surface area (Å²) in [6, 6.07) is 15.0. The molecule has 1 aliphatic rings. The topological polar surface area (TPSA) is 53.8 Å². The second-order valence-corrected chi connectivity index (χ2v) is 8.48. The van der Waals surface area contributed by atoms with Gasteiger partial charge in [0, 0.05) is 22.2 Å². The molecule has 4 rings (SSSR count). The van der Waals surface area contributed by atoms with Crippen LogP contribution in [-0.4, -0.2) is 28.4 Å². The maximum atomic E-state index is 13.3. The van der Waals surface area contributed by atoms with Crippen LogP contribution in [0.3, 0.4) is 0 Å². The highest BCUT2D eigenvalue weighted by Crippen LogP contribution is 2.33. The number of amides is 2. The highest BCUT2D eigenvalue weighted by molar-refractivity contribution is 7.80. The third-order valence-corrected chi connectivity index (χ3v) is 6.06. The van der Waals surface area contributed by atoms with Gasteiger partial charge in [0.2, 0.25) is 0 Å². The van der Waals surface area contributed by atoms with Crippen LogP contribution in [0.1, 0.15) is 12.7 Å². The van der Waals surface area contributed by atoms with Crippen molar-refractivity contribution in [1.82, 2.24) is 4.90 Å². The number of likely N-dealkylation sites (N-methyl/N-ethyl adjacent to an activating group) is 1. The second-order valence-electron chi connectivity index (χ2n) is 6.83. The molecule has 162 valence electrons. The highest BCUT2D eigenvalue weighted by atomic mass is 35.5. The number of hydrogen-bond acceptors (Lipinski definition) is 4. The molecule has 5 nitrogen and oxygen atoms in total. The Balaban J connectivity index is 1.74. The van der Waals surface area contributed by atoms with E-state index in [0.29, 0.717) is 44.4 Å². The lowest BCUT2D eigenvalue weighted by Gasteiger charge is -2.35. The Hall–Kier alpha value is -2.64. The number of anilines is 1. The number of carbonyl (C=O) groups excluding carboxylic acids is 2. The van der Waals surface area contributed by atoms with Crippen molar-refractivity contribution < 1.29 is 14.0 Å². The summed E-state index contributed by atoms with van der Waals surface area (Å²) in [6.07, 6.45) is 1.40. The molecule has 1 saturated heterocycles. The van der Waals surface area contributed by atoms with Gasteiger partial charge < -0.3 is 4.42 Å². The van der Waals surface area contributed by atoms with Gasteiger partial charge in [-0.05, 0) is 79.8 Å². The fourth-order valence-electron chi connectivity index (χ4n) is 3.28. The number of thiocarbonyl (C=S) groups is 1. The lowest BCUT2D eigenvalue weighted by atomic mass is 10.1. The number of rotatable bonds is 4. The highest BCUT2D eigenvalue weighted by Gasteiger charge is 2.39. The minimum atomic E-state index is -0.550. The van der Waals surface area contributed by atoms with Crippen molar-refractivity contribution in [3.8, 4) is 11.3 Å². The molecule has 0 atom stereocenters. The molecule has 1 fully saturated rings. The third-order valence-electron chi connectivity index (χ3n) is 4.84. The van der Waals surface area contributed by atoms with E-state index >= 15 is 0 Å². The smallest absolute Gasteiger partial charge is 0.270 e. The molecule has 2 amide bonds. The molecule has 0 bridgehead atoms. The van der Waals surface area contributed by atoms with E-state index in [1.165, 1.54) is 15.9 Å². The van der Waals surface area contributed by atoms with Gasteiger partial charge in [-0.3, -0.25) is 19.4 Å². The molecular formula is C23H15Cl3N2O3S. The molecule has 0 unspecified atom stereocenters. The number of furan rings is 1. The molecule has 1 aliphatic heterocycles. The first kappa shape index (κ1) is 22.6. The van der Waals surface area contributed by atoms with Crippen LogP contribution in [0, 0.1) is 0 Å². The molecule has 0 radical (unpaired) electrons. The monoisotopic (exact) mass is 504 g/mol. The average molecular weight is 506 g/mol. The van der Waals surface area contributed by atoms with Gasteiger partial charge in [-0.25, -0.2) is 0 Å². The maximum Gasteiger partial charge on any atom is 0.270 e. The summed E-state index contributed by atoms with van der Waals surface area (Å²) < 4.78 is 5.85. The zero-order valence-electron chi connectivity index (χ0n) is 16.6.